The summed E-state index contributed by atoms with van der Waals surface area (Å²) < 4.78 is 15.0. The van der Waals surface area contributed by atoms with Gasteiger partial charge in [0, 0.05) is 22.9 Å². The number of hydrogen-bond acceptors (Lipinski definition) is 5. The second-order valence-corrected chi connectivity index (χ2v) is 8.71. The first-order chi connectivity index (χ1) is 15.8. The zero-order valence-electron chi connectivity index (χ0n) is 17.6. The van der Waals surface area contributed by atoms with Crippen molar-refractivity contribution in [3.05, 3.63) is 76.3 Å². The van der Waals surface area contributed by atoms with Crippen LogP contribution in [0, 0.1) is 12.7 Å². The lowest BCUT2D eigenvalue weighted by molar-refractivity contribution is -0.116. The molecular weight excluding hydrogens is 488 g/mol. The van der Waals surface area contributed by atoms with Gasteiger partial charge in [-0.05, 0) is 42.8 Å². The third-order valence-corrected chi connectivity index (χ3v) is 6.08. The van der Waals surface area contributed by atoms with Crippen LogP contribution < -0.4 is 10.6 Å². The molecule has 11 heteroatoms. The molecule has 3 aromatic rings. The summed E-state index contributed by atoms with van der Waals surface area (Å²) in [6.45, 7) is 5.97. The number of anilines is 2. The lowest BCUT2D eigenvalue weighted by Crippen LogP contribution is -2.18. The maximum atomic E-state index is 13.3. The molecule has 0 saturated carbocycles. The molecule has 7 nitrogen and oxygen atoms in total. The van der Waals surface area contributed by atoms with Gasteiger partial charge >= 0.3 is 0 Å². The van der Waals surface area contributed by atoms with E-state index >= 15 is 0 Å². The van der Waals surface area contributed by atoms with Crippen molar-refractivity contribution in [2.24, 2.45) is 0 Å². The number of carbonyl (C=O) groups is 2. The zero-order chi connectivity index (χ0) is 24.0. The number of aryl methyl sites for hydroxylation is 1. The molecule has 2 N–H and O–H groups in total. The molecule has 2 aromatic carbocycles. The van der Waals surface area contributed by atoms with Gasteiger partial charge in [-0.2, -0.15) is 0 Å². The SMILES string of the molecule is C=CCn1c(CC(=O)Nc2ccc(C)c(Cl)c2)nnc1SCC(=O)Nc1ccc(F)c(Cl)c1. The van der Waals surface area contributed by atoms with Crippen LogP contribution in [-0.4, -0.2) is 32.3 Å². The summed E-state index contributed by atoms with van der Waals surface area (Å²) in [6.07, 6.45) is 1.63. The van der Waals surface area contributed by atoms with Gasteiger partial charge in [0.25, 0.3) is 0 Å². The summed E-state index contributed by atoms with van der Waals surface area (Å²) in [5.74, 6) is -0.720. The number of nitrogens with zero attached hydrogens (tertiary/aromatic N) is 3. The minimum Gasteiger partial charge on any atom is -0.326 e. The van der Waals surface area contributed by atoms with Gasteiger partial charge in [-0.1, -0.05) is 47.1 Å². The maximum absolute atomic E-state index is 13.3. The average Bonchev–Trinajstić information content (AvgIpc) is 3.13. The molecule has 0 aliphatic carbocycles. The molecule has 33 heavy (non-hydrogen) atoms. The van der Waals surface area contributed by atoms with Gasteiger partial charge < -0.3 is 15.2 Å². The molecule has 172 valence electrons. The number of benzene rings is 2. The Balaban J connectivity index is 1.62. The minimum absolute atomic E-state index is 0.0207. The summed E-state index contributed by atoms with van der Waals surface area (Å²) in [5.41, 5.74) is 1.87. The third kappa shape index (κ3) is 6.80. The van der Waals surface area contributed by atoms with Crippen LogP contribution >= 0.6 is 35.0 Å². The number of hydrogen-bond donors (Lipinski definition) is 2. The number of allylic oxidation sites excluding steroid dienone is 1. The van der Waals surface area contributed by atoms with Crippen LogP contribution in [0.3, 0.4) is 0 Å². The molecule has 0 bridgehead atoms. The highest BCUT2D eigenvalue weighted by Gasteiger charge is 2.17. The van der Waals surface area contributed by atoms with Crippen molar-refractivity contribution in [3.63, 3.8) is 0 Å². The van der Waals surface area contributed by atoms with Gasteiger partial charge in [0.15, 0.2) is 5.16 Å². The van der Waals surface area contributed by atoms with E-state index in [4.69, 9.17) is 23.2 Å². The molecule has 0 radical (unpaired) electrons. The van der Waals surface area contributed by atoms with Crippen LogP contribution in [0.25, 0.3) is 0 Å². The first-order valence-electron chi connectivity index (χ1n) is 9.73. The summed E-state index contributed by atoms with van der Waals surface area (Å²) in [5, 5.41) is 14.6. The van der Waals surface area contributed by atoms with Crippen molar-refractivity contribution in [2.75, 3.05) is 16.4 Å². The smallest absolute Gasteiger partial charge is 0.234 e. The molecule has 1 aromatic heterocycles. The predicted octanol–water partition coefficient (Wildman–Crippen LogP) is 5.13. The zero-order valence-corrected chi connectivity index (χ0v) is 19.9. The van der Waals surface area contributed by atoms with E-state index < -0.39 is 5.82 Å². The Morgan fingerprint density at radius 3 is 2.42 bits per heavy atom. The topological polar surface area (TPSA) is 88.9 Å². The van der Waals surface area contributed by atoms with Gasteiger partial charge in [-0.3, -0.25) is 9.59 Å². The number of nitrogens with one attached hydrogen (secondary N) is 2. The highest BCUT2D eigenvalue weighted by atomic mass is 35.5. The van der Waals surface area contributed by atoms with Crippen LogP contribution in [0.1, 0.15) is 11.4 Å². The van der Waals surface area contributed by atoms with E-state index in [1.54, 1.807) is 22.8 Å². The van der Waals surface area contributed by atoms with E-state index in [1.807, 2.05) is 13.0 Å². The van der Waals surface area contributed by atoms with E-state index in [-0.39, 0.29) is 29.0 Å². The third-order valence-electron chi connectivity index (χ3n) is 4.42. The second-order valence-electron chi connectivity index (χ2n) is 6.95. The minimum atomic E-state index is -0.566. The fourth-order valence-corrected chi connectivity index (χ4v) is 3.92. The molecule has 0 aliphatic heterocycles. The Hall–Kier alpha value is -2.88. The Bertz CT molecular complexity index is 1200. The van der Waals surface area contributed by atoms with E-state index in [1.165, 1.54) is 18.2 Å². The van der Waals surface area contributed by atoms with Crippen molar-refractivity contribution in [3.8, 4) is 0 Å². The van der Waals surface area contributed by atoms with Crippen LogP contribution in [0.15, 0.2) is 54.2 Å². The Kier molecular flexibility index (Phi) is 8.49. The van der Waals surface area contributed by atoms with E-state index in [0.29, 0.717) is 33.9 Å². The first-order valence-corrected chi connectivity index (χ1v) is 11.5. The number of amides is 2. The number of thioether (sulfide) groups is 1. The molecule has 0 atom stereocenters. The quantitative estimate of drug-likeness (QED) is 0.309. The Labute approximate surface area is 204 Å². The Morgan fingerprint density at radius 2 is 1.76 bits per heavy atom. The predicted molar refractivity (Wildman–Crippen MR) is 130 cm³/mol. The fraction of sp³-hybridized carbons (Fsp3) is 0.182. The molecule has 0 fully saturated rings. The van der Waals surface area contributed by atoms with Crippen LogP contribution in [-0.2, 0) is 22.6 Å². The highest BCUT2D eigenvalue weighted by molar-refractivity contribution is 7.99. The monoisotopic (exact) mass is 507 g/mol. The summed E-state index contributed by atoms with van der Waals surface area (Å²) in [7, 11) is 0. The number of aromatic nitrogens is 3. The van der Waals surface area contributed by atoms with E-state index in [0.717, 1.165) is 17.3 Å². The second kappa shape index (κ2) is 11.3. The number of carbonyl (C=O) groups excluding carboxylic acids is 2. The normalized spacial score (nSPS) is 10.7. The lowest BCUT2D eigenvalue weighted by Gasteiger charge is -2.09. The largest absolute Gasteiger partial charge is 0.326 e. The van der Waals surface area contributed by atoms with Crippen molar-refractivity contribution in [1.29, 1.82) is 0 Å². The molecule has 0 aliphatic rings. The molecule has 2 amide bonds. The van der Waals surface area contributed by atoms with Gasteiger partial charge in [0.05, 0.1) is 17.2 Å². The summed E-state index contributed by atoms with van der Waals surface area (Å²) in [4.78, 5) is 24.8. The molecule has 0 saturated heterocycles. The van der Waals surface area contributed by atoms with Crippen molar-refractivity contribution >= 4 is 58.2 Å². The lowest BCUT2D eigenvalue weighted by atomic mass is 10.2. The van der Waals surface area contributed by atoms with Crippen molar-refractivity contribution < 1.29 is 14.0 Å². The highest BCUT2D eigenvalue weighted by Crippen LogP contribution is 2.22. The Morgan fingerprint density at radius 1 is 1.09 bits per heavy atom. The van der Waals surface area contributed by atoms with Gasteiger partial charge in [0.2, 0.25) is 11.8 Å². The van der Waals surface area contributed by atoms with Crippen molar-refractivity contribution in [1.82, 2.24) is 14.8 Å². The number of rotatable bonds is 9. The van der Waals surface area contributed by atoms with Gasteiger partial charge in [-0.15, -0.1) is 16.8 Å². The molecule has 0 unspecified atom stereocenters. The average molecular weight is 508 g/mol. The summed E-state index contributed by atoms with van der Waals surface area (Å²) >= 11 is 13.0. The van der Waals surface area contributed by atoms with E-state index in [9.17, 15) is 14.0 Å². The van der Waals surface area contributed by atoms with Crippen LogP contribution in [0.2, 0.25) is 10.0 Å². The van der Waals surface area contributed by atoms with Crippen molar-refractivity contribution in [2.45, 2.75) is 25.0 Å². The molecular formula is C22H20Cl2FN5O2S. The molecule has 0 spiro atoms. The summed E-state index contributed by atoms with van der Waals surface area (Å²) in [6, 6.07) is 9.18. The fourth-order valence-electron chi connectivity index (χ4n) is 2.79. The van der Waals surface area contributed by atoms with Gasteiger partial charge in [0.1, 0.15) is 11.6 Å². The number of halogens is 3. The maximum Gasteiger partial charge on any atom is 0.234 e. The molecule has 3 rings (SSSR count). The molecule has 1 heterocycles. The first kappa shape index (κ1) is 24.8. The van der Waals surface area contributed by atoms with Gasteiger partial charge in [-0.25, -0.2) is 4.39 Å². The van der Waals surface area contributed by atoms with E-state index in [2.05, 4.69) is 27.4 Å². The van der Waals surface area contributed by atoms with Crippen LogP contribution in [0.5, 0.6) is 0 Å². The van der Waals surface area contributed by atoms with Crippen LogP contribution in [0.4, 0.5) is 15.8 Å². The standard InChI is InChI=1S/C22H20Cl2FN5O2S/c1-3-8-30-19(11-20(31)26-14-5-4-13(2)16(23)9-14)28-29-22(30)33-12-21(32)27-15-6-7-18(25)17(24)10-15/h3-7,9-10H,1,8,11-12H2,2H3,(H,26,31)(H,27,32).